The van der Waals surface area contributed by atoms with Crippen LogP contribution in [0.5, 0.6) is 0 Å². The first-order valence-corrected chi connectivity index (χ1v) is 10.5. The molecule has 5 rings (SSSR count). The summed E-state index contributed by atoms with van der Waals surface area (Å²) in [5.74, 6) is 4.60. The van der Waals surface area contributed by atoms with E-state index < -0.39 is 0 Å². The number of imidazole rings is 1. The Bertz CT molecular complexity index is 790. The molecule has 2 aromatic rings. The molecule has 2 heterocycles. The molecular formula is C20H25Cl2N3. The fraction of sp³-hybridized carbons (Fsp3) is 0.650. The van der Waals surface area contributed by atoms with Crippen LogP contribution in [-0.4, -0.2) is 22.6 Å². The fourth-order valence-electron chi connectivity index (χ4n) is 4.56. The average molecular weight is 378 g/mol. The molecule has 3 fully saturated rings. The number of hydrogen-bond donors (Lipinski definition) is 1. The monoisotopic (exact) mass is 377 g/mol. The van der Waals surface area contributed by atoms with E-state index >= 15 is 0 Å². The number of nitrogens with zero attached hydrogens (tertiary/aromatic N) is 2. The third-order valence-corrected chi connectivity index (χ3v) is 7.07. The number of hydrogen-bond acceptors (Lipinski definition) is 2. The maximum atomic E-state index is 6.33. The van der Waals surface area contributed by atoms with Crippen molar-refractivity contribution in [3.05, 3.63) is 28.0 Å². The first-order valence-electron chi connectivity index (χ1n) is 9.75. The van der Waals surface area contributed by atoms with Gasteiger partial charge in [-0.15, -0.1) is 0 Å². The summed E-state index contributed by atoms with van der Waals surface area (Å²) >= 11 is 12.6. The topological polar surface area (TPSA) is 29.9 Å². The van der Waals surface area contributed by atoms with Gasteiger partial charge in [0.25, 0.3) is 0 Å². The van der Waals surface area contributed by atoms with Gasteiger partial charge in [0, 0.05) is 12.5 Å². The van der Waals surface area contributed by atoms with Crippen LogP contribution in [0.15, 0.2) is 12.1 Å². The second-order valence-corrected chi connectivity index (χ2v) is 9.11. The van der Waals surface area contributed by atoms with E-state index in [1.807, 2.05) is 12.1 Å². The third kappa shape index (κ3) is 3.31. The SMILES string of the molecule is Clc1cc2nc(C3CCNCC3)n(CC3CC3CC3CC3)c2cc1Cl. The van der Waals surface area contributed by atoms with E-state index in [2.05, 4.69) is 9.88 Å². The van der Waals surface area contributed by atoms with Crippen molar-refractivity contribution in [3.8, 4) is 0 Å². The molecule has 0 amide bonds. The molecule has 2 saturated carbocycles. The van der Waals surface area contributed by atoms with E-state index in [1.165, 1.54) is 49.9 Å². The van der Waals surface area contributed by atoms with Crippen LogP contribution in [0.3, 0.4) is 0 Å². The van der Waals surface area contributed by atoms with Crippen molar-refractivity contribution in [2.75, 3.05) is 13.1 Å². The minimum atomic E-state index is 0.548. The predicted octanol–water partition coefficient (Wildman–Crippen LogP) is 5.25. The molecule has 3 aliphatic rings. The van der Waals surface area contributed by atoms with Crippen molar-refractivity contribution in [2.24, 2.45) is 17.8 Å². The van der Waals surface area contributed by atoms with Crippen LogP contribution < -0.4 is 5.32 Å². The molecule has 2 unspecified atom stereocenters. The number of fused-ring (bicyclic) bond motifs is 1. The molecule has 5 heteroatoms. The van der Waals surface area contributed by atoms with Crippen LogP contribution in [0, 0.1) is 17.8 Å². The highest BCUT2D eigenvalue weighted by molar-refractivity contribution is 6.42. The molecule has 134 valence electrons. The lowest BCUT2D eigenvalue weighted by atomic mass is 9.97. The zero-order chi connectivity index (χ0) is 17.0. The quantitative estimate of drug-likeness (QED) is 0.771. The maximum Gasteiger partial charge on any atom is 0.113 e. The second-order valence-electron chi connectivity index (χ2n) is 8.29. The van der Waals surface area contributed by atoms with Gasteiger partial charge in [-0.3, -0.25) is 0 Å². The van der Waals surface area contributed by atoms with Gasteiger partial charge in [-0.1, -0.05) is 36.0 Å². The molecule has 1 aliphatic heterocycles. The van der Waals surface area contributed by atoms with Crippen LogP contribution in [0.25, 0.3) is 11.0 Å². The van der Waals surface area contributed by atoms with Gasteiger partial charge < -0.3 is 9.88 Å². The van der Waals surface area contributed by atoms with E-state index in [4.69, 9.17) is 28.2 Å². The first kappa shape index (κ1) is 16.4. The van der Waals surface area contributed by atoms with Crippen molar-refractivity contribution in [3.63, 3.8) is 0 Å². The van der Waals surface area contributed by atoms with Gasteiger partial charge in [-0.2, -0.15) is 0 Å². The van der Waals surface area contributed by atoms with E-state index in [1.54, 1.807) is 0 Å². The summed E-state index contributed by atoms with van der Waals surface area (Å²) in [7, 11) is 0. The van der Waals surface area contributed by atoms with E-state index in [0.717, 1.165) is 42.9 Å². The van der Waals surface area contributed by atoms with Crippen LogP contribution in [-0.2, 0) is 6.54 Å². The smallest absolute Gasteiger partial charge is 0.113 e. The molecule has 25 heavy (non-hydrogen) atoms. The lowest BCUT2D eigenvalue weighted by Gasteiger charge is -2.23. The van der Waals surface area contributed by atoms with Gasteiger partial charge in [-0.25, -0.2) is 4.98 Å². The molecule has 1 saturated heterocycles. The Morgan fingerprint density at radius 1 is 1.04 bits per heavy atom. The molecule has 0 radical (unpaired) electrons. The highest BCUT2D eigenvalue weighted by Crippen LogP contribution is 2.50. The van der Waals surface area contributed by atoms with Crippen molar-refractivity contribution < 1.29 is 0 Å². The van der Waals surface area contributed by atoms with Crippen molar-refractivity contribution in [1.29, 1.82) is 0 Å². The fourth-order valence-corrected chi connectivity index (χ4v) is 4.88. The number of nitrogens with one attached hydrogen (secondary N) is 1. The second kappa shape index (κ2) is 6.44. The van der Waals surface area contributed by atoms with Gasteiger partial charge >= 0.3 is 0 Å². The lowest BCUT2D eigenvalue weighted by molar-refractivity contribution is 0.424. The van der Waals surface area contributed by atoms with Gasteiger partial charge in [0.15, 0.2) is 0 Å². The minimum Gasteiger partial charge on any atom is -0.327 e. The Morgan fingerprint density at radius 2 is 1.80 bits per heavy atom. The van der Waals surface area contributed by atoms with Crippen LogP contribution in [0.1, 0.15) is 50.3 Å². The Hall–Kier alpha value is -0.770. The summed E-state index contributed by atoms with van der Waals surface area (Å²) in [5, 5.41) is 4.71. The summed E-state index contributed by atoms with van der Waals surface area (Å²) in [4.78, 5) is 5.01. The number of piperidine rings is 1. The Labute approximate surface area is 159 Å². The molecule has 1 N–H and O–H groups in total. The summed E-state index contributed by atoms with van der Waals surface area (Å²) in [5.41, 5.74) is 2.17. The number of halogens is 2. The van der Waals surface area contributed by atoms with Gasteiger partial charge in [0.1, 0.15) is 5.82 Å². The Balaban J connectivity index is 1.48. The normalized spacial score (nSPS) is 27.1. The van der Waals surface area contributed by atoms with Crippen LogP contribution in [0.2, 0.25) is 10.0 Å². The highest BCUT2D eigenvalue weighted by atomic mass is 35.5. The molecule has 2 atom stereocenters. The maximum absolute atomic E-state index is 6.33. The third-order valence-electron chi connectivity index (χ3n) is 6.34. The zero-order valence-electron chi connectivity index (χ0n) is 14.5. The molecule has 1 aromatic heterocycles. The molecule has 0 spiro atoms. The van der Waals surface area contributed by atoms with E-state index in [0.29, 0.717) is 16.0 Å². The standard InChI is InChI=1S/C20H25Cl2N3/c21-16-9-18-19(10-17(16)22)25(11-15-8-14(15)7-12-1-2-12)20(24-18)13-3-5-23-6-4-13/h9-10,12-15,23H,1-8,11H2. The summed E-state index contributed by atoms with van der Waals surface area (Å²) in [6.45, 7) is 3.28. The lowest BCUT2D eigenvalue weighted by Crippen LogP contribution is -2.28. The summed E-state index contributed by atoms with van der Waals surface area (Å²) in [6.07, 6.45) is 8.11. The number of rotatable bonds is 5. The largest absolute Gasteiger partial charge is 0.327 e. The van der Waals surface area contributed by atoms with Crippen molar-refractivity contribution in [2.45, 2.75) is 51.0 Å². The van der Waals surface area contributed by atoms with E-state index in [-0.39, 0.29) is 0 Å². The van der Waals surface area contributed by atoms with Gasteiger partial charge in [0.2, 0.25) is 0 Å². The molecular weight excluding hydrogens is 353 g/mol. The molecule has 0 bridgehead atoms. The summed E-state index contributed by atoms with van der Waals surface area (Å²) < 4.78 is 2.48. The Kier molecular flexibility index (Phi) is 4.22. The highest BCUT2D eigenvalue weighted by Gasteiger charge is 2.41. The molecule has 1 aromatic carbocycles. The van der Waals surface area contributed by atoms with Crippen LogP contribution in [0.4, 0.5) is 0 Å². The average Bonchev–Trinajstić information content (AvgIpc) is 3.53. The Morgan fingerprint density at radius 3 is 2.56 bits per heavy atom. The molecule has 2 aliphatic carbocycles. The first-order chi connectivity index (χ1) is 12.2. The van der Waals surface area contributed by atoms with Crippen LogP contribution >= 0.6 is 23.2 Å². The predicted molar refractivity (Wildman–Crippen MR) is 104 cm³/mol. The number of benzene rings is 1. The van der Waals surface area contributed by atoms with Gasteiger partial charge in [-0.05, 0) is 68.7 Å². The van der Waals surface area contributed by atoms with Crippen molar-refractivity contribution in [1.82, 2.24) is 14.9 Å². The zero-order valence-corrected chi connectivity index (χ0v) is 16.0. The van der Waals surface area contributed by atoms with Gasteiger partial charge in [0.05, 0.1) is 21.1 Å². The number of aromatic nitrogens is 2. The minimum absolute atomic E-state index is 0.548. The summed E-state index contributed by atoms with van der Waals surface area (Å²) in [6, 6.07) is 3.96. The van der Waals surface area contributed by atoms with Crippen molar-refractivity contribution >= 4 is 34.2 Å². The molecule has 3 nitrogen and oxygen atoms in total. The van der Waals surface area contributed by atoms with E-state index in [9.17, 15) is 0 Å².